The molecule has 3 rings (SSSR count). The van der Waals surface area contributed by atoms with Crippen LogP contribution in [-0.2, 0) is 32.8 Å². The summed E-state index contributed by atoms with van der Waals surface area (Å²) in [6.45, 7) is 0.786. The van der Waals surface area contributed by atoms with Crippen LogP contribution in [0, 0.1) is 0 Å². The average molecular weight is 505 g/mol. The molecule has 1 atom stereocenters. The molecule has 196 valence electrons. The Morgan fingerprint density at radius 2 is 1.44 bits per heavy atom. The molecular weight excluding hydrogens is 472 g/mol. The second-order valence-electron chi connectivity index (χ2n) is 8.07. The normalized spacial score (nSPS) is 16.0. The molecule has 11 heteroatoms. The first-order chi connectivity index (χ1) is 17.1. The topological polar surface area (TPSA) is 167 Å². The van der Waals surface area contributed by atoms with E-state index in [1.807, 2.05) is 30.3 Å². The molecule has 1 amide bonds. The lowest BCUT2D eigenvalue weighted by molar-refractivity contribution is -0.159. The first-order valence-electron chi connectivity index (χ1n) is 11.1. The Kier molecular flexibility index (Phi) is 9.92. The van der Waals surface area contributed by atoms with E-state index in [1.54, 1.807) is 28.4 Å². The van der Waals surface area contributed by atoms with Crippen LogP contribution in [0.1, 0.15) is 29.5 Å². The molecule has 11 nitrogen and oxygen atoms in total. The second kappa shape index (κ2) is 12.6. The van der Waals surface area contributed by atoms with Gasteiger partial charge in [-0.1, -0.05) is 6.07 Å². The zero-order valence-corrected chi connectivity index (χ0v) is 20.8. The quantitative estimate of drug-likeness (QED) is 0.369. The van der Waals surface area contributed by atoms with Gasteiger partial charge in [0.15, 0.2) is 23.0 Å². The molecule has 0 saturated heterocycles. The molecule has 36 heavy (non-hydrogen) atoms. The zero-order valence-electron chi connectivity index (χ0n) is 20.8. The zero-order chi connectivity index (χ0) is 26.9. The van der Waals surface area contributed by atoms with E-state index in [-0.39, 0.29) is 12.3 Å². The molecule has 0 radical (unpaired) electrons. The van der Waals surface area contributed by atoms with Gasteiger partial charge in [0.2, 0.25) is 5.91 Å². The van der Waals surface area contributed by atoms with Crippen LogP contribution < -0.4 is 30.0 Å². The number of aliphatic carboxylic acids is 2. The van der Waals surface area contributed by atoms with Crippen molar-refractivity contribution in [1.82, 2.24) is 5.32 Å². The lowest BCUT2D eigenvalue weighted by atomic mass is 9.75. The first kappa shape index (κ1) is 28.2. The maximum atomic E-state index is 11.7. The predicted molar refractivity (Wildman–Crippen MR) is 130 cm³/mol. The molecule has 0 aromatic heterocycles. The number of hydrogen-bond acceptors (Lipinski definition) is 8. The number of methoxy groups -OCH3 is 4. The Balaban J connectivity index is 0.000000678. The average Bonchev–Trinajstić information content (AvgIpc) is 2.87. The van der Waals surface area contributed by atoms with E-state index in [0.29, 0.717) is 35.8 Å². The molecule has 0 bridgehead atoms. The molecule has 1 aliphatic heterocycles. The van der Waals surface area contributed by atoms with Crippen molar-refractivity contribution in [2.24, 2.45) is 5.73 Å². The lowest BCUT2D eigenvalue weighted by Gasteiger charge is -2.41. The number of ether oxygens (including phenoxy) is 4. The Bertz CT molecular complexity index is 1090. The number of carboxylic acids is 2. The number of hydrogen-bond donors (Lipinski definition) is 4. The Morgan fingerprint density at radius 1 is 0.889 bits per heavy atom. The van der Waals surface area contributed by atoms with E-state index in [9.17, 15) is 4.79 Å². The molecule has 2 aromatic carbocycles. The molecular formula is C25H32N2O9. The van der Waals surface area contributed by atoms with Crippen LogP contribution in [0.3, 0.4) is 0 Å². The van der Waals surface area contributed by atoms with Crippen molar-refractivity contribution >= 4 is 17.8 Å². The summed E-state index contributed by atoms with van der Waals surface area (Å²) in [5, 5.41) is 18.5. The number of carbonyl (C=O) groups is 3. The van der Waals surface area contributed by atoms with Gasteiger partial charge in [0.25, 0.3) is 0 Å². The highest BCUT2D eigenvalue weighted by Crippen LogP contribution is 2.42. The molecule has 1 unspecified atom stereocenters. The highest BCUT2D eigenvalue weighted by molar-refractivity contribution is 6.27. The number of nitrogens with one attached hydrogen (secondary N) is 1. The van der Waals surface area contributed by atoms with Gasteiger partial charge in [-0.2, -0.15) is 0 Å². The largest absolute Gasteiger partial charge is 0.493 e. The van der Waals surface area contributed by atoms with Crippen molar-refractivity contribution in [3.8, 4) is 23.0 Å². The summed E-state index contributed by atoms with van der Waals surface area (Å²) in [5.74, 6) is -1.26. The SMILES string of the molecule is COc1ccc(CC2(CCC(N)=O)NCCc3cc(OC)c(OC)cc32)cc1OC.O=C(O)C(=O)O. The summed E-state index contributed by atoms with van der Waals surface area (Å²) in [6.07, 6.45) is 2.36. The fraction of sp³-hybridized carbons (Fsp3) is 0.400. The molecule has 5 N–H and O–H groups in total. The molecule has 0 spiro atoms. The minimum Gasteiger partial charge on any atom is -0.493 e. The summed E-state index contributed by atoms with van der Waals surface area (Å²) in [6, 6.07) is 9.94. The van der Waals surface area contributed by atoms with Gasteiger partial charge in [-0.3, -0.25) is 4.79 Å². The number of amides is 1. The monoisotopic (exact) mass is 504 g/mol. The number of primary amides is 1. The number of nitrogens with two attached hydrogens (primary N) is 1. The van der Waals surface area contributed by atoms with Crippen LogP contribution >= 0.6 is 0 Å². The Morgan fingerprint density at radius 3 is 1.97 bits per heavy atom. The molecule has 0 aliphatic carbocycles. The maximum Gasteiger partial charge on any atom is 0.414 e. The molecule has 2 aromatic rings. The van der Waals surface area contributed by atoms with Crippen molar-refractivity contribution in [3.63, 3.8) is 0 Å². The fourth-order valence-electron chi connectivity index (χ4n) is 4.25. The lowest BCUT2D eigenvalue weighted by Crippen LogP contribution is -2.49. The van der Waals surface area contributed by atoms with E-state index in [2.05, 4.69) is 5.32 Å². The van der Waals surface area contributed by atoms with E-state index < -0.39 is 17.5 Å². The van der Waals surface area contributed by atoms with Gasteiger partial charge in [0.05, 0.1) is 28.4 Å². The number of benzene rings is 2. The summed E-state index contributed by atoms with van der Waals surface area (Å²) >= 11 is 0. The van der Waals surface area contributed by atoms with Gasteiger partial charge >= 0.3 is 11.9 Å². The van der Waals surface area contributed by atoms with Gasteiger partial charge in [0, 0.05) is 18.5 Å². The molecule has 1 aliphatic rings. The minimum atomic E-state index is -1.82. The van der Waals surface area contributed by atoms with E-state index in [4.69, 9.17) is 44.5 Å². The van der Waals surface area contributed by atoms with Crippen LogP contribution in [-0.4, -0.2) is 63.0 Å². The van der Waals surface area contributed by atoms with E-state index >= 15 is 0 Å². The summed E-state index contributed by atoms with van der Waals surface area (Å²) in [4.78, 5) is 29.9. The van der Waals surface area contributed by atoms with Crippen LogP contribution in [0.25, 0.3) is 0 Å². The van der Waals surface area contributed by atoms with Gasteiger partial charge in [-0.05, 0) is 60.2 Å². The number of carbonyl (C=O) groups excluding carboxylic acids is 1. The maximum absolute atomic E-state index is 11.7. The van der Waals surface area contributed by atoms with Gasteiger partial charge < -0.3 is 40.2 Å². The number of fused-ring (bicyclic) bond motifs is 1. The standard InChI is InChI=1S/C23H30N2O5.C2H2O4/c1-27-18-6-5-15(11-19(18)28-2)14-23(9-7-22(24)26)17-13-21(30-4)20(29-3)12-16(17)8-10-25-23;3-1(4)2(5)6/h5-6,11-13,25H,7-10,14H2,1-4H3,(H2,24,26);(H,3,4)(H,5,6). The third-order valence-electron chi connectivity index (χ3n) is 5.92. The van der Waals surface area contributed by atoms with Gasteiger partial charge in [-0.25, -0.2) is 9.59 Å². The Hall–Kier alpha value is -3.99. The van der Waals surface area contributed by atoms with Crippen molar-refractivity contribution in [2.45, 2.75) is 31.2 Å². The highest BCUT2D eigenvalue weighted by atomic mass is 16.5. The smallest absolute Gasteiger partial charge is 0.414 e. The molecule has 1 heterocycles. The number of carboxylic acid groups (broad SMARTS) is 2. The minimum absolute atomic E-state index is 0.272. The molecule has 0 fully saturated rings. The summed E-state index contributed by atoms with van der Waals surface area (Å²) < 4.78 is 21.9. The Labute approximate surface area is 209 Å². The van der Waals surface area contributed by atoms with Crippen LogP contribution in [0.15, 0.2) is 30.3 Å². The van der Waals surface area contributed by atoms with Crippen molar-refractivity contribution < 1.29 is 43.5 Å². The van der Waals surface area contributed by atoms with Crippen molar-refractivity contribution in [1.29, 1.82) is 0 Å². The third kappa shape index (κ3) is 6.79. The predicted octanol–water partition coefficient (Wildman–Crippen LogP) is 1.73. The summed E-state index contributed by atoms with van der Waals surface area (Å²) in [5.41, 5.74) is 8.39. The second-order valence-corrected chi connectivity index (χ2v) is 8.07. The van der Waals surface area contributed by atoms with Crippen molar-refractivity contribution in [2.75, 3.05) is 35.0 Å². The fourth-order valence-corrected chi connectivity index (χ4v) is 4.25. The van der Waals surface area contributed by atoms with Crippen LogP contribution in [0.5, 0.6) is 23.0 Å². The van der Waals surface area contributed by atoms with Gasteiger partial charge in [-0.15, -0.1) is 0 Å². The van der Waals surface area contributed by atoms with E-state index in [0.717, 1.165) is 24.1 Å². The van der Waals surface area contributed by atoms with E-state index in [1.165, 1.54) is 5.56 Å². The first-order valence-corrected chi connectivity index (χ1v) is 11.1. The van der Waals surface area contributed by atoms with Gasteiger partial charge in [0.1, 0.15) is 0 Å². The van der Waals surface area contributed by atoms with Crippen molar-refractivity contribution in [3.05, 3.63) is 47.0 Å². The third-order valence-corrected chi connectivity index (χ3v) is 5.92. The number of rotatable bonds is 9. The van der Waals surface area contributed by atoms with Crippen LogP contribution in [0.2, 0.25) is 0 Å². The van der Waals surface area contributed by atoms with Crippen LogP contribution in [0.4, 0.5) is 0 Å². The molecule has 0 saturated carbocycles. The summed E-state index contributed by atoms with van der Waals surface area (Å²) in [7, 11) is 6.50. The highest BCUT2D eigenvalue weighted by Gasteiger charge is 2.38.